The highest BCUT2D eigenvalue weighted by Crippen LogP contribution is 2.28. The summed E-state index contributed by atoms with van der Waals surface area (Å²) in [5, 5.41) is 0. The Bertz CT molecular complexity index is 790. The van der Waals surface area contributed by atoms with E-state index in [0.717, 1.165) is 44.9 Å². The Kier molecular flexibility index (Phi) is 5.78. The van der Waals surface area contributed by atoms with Gasteiger partial charge in [0.05, 0.1) is 12.8 Å². The third kappa shape index (κ3) is 4.36. The largest absolute Gasteiger partial charge is 0.495 e. The fourth-order valence-electron chi connectivity index (χ4n) is 4.31. The number of anilines is 1. The number of aryl methyl sites for hydroxylation is 1. The Balaban J connectivity index is 1.34. The van der Waals surface area contributed by atoms with Gasteiger partial charge in [0.1, 0.15) is 5.75 Å². The molecule has 1 fully saturated rings. The summed E-state index contributed by atoms with van der Waals surface area (Å²) in [5.74, 6) is 0.977. The number of para-hydroxylation sites is 2. The van der Waals surface area contributed by atoms with Gasteiger partial charge < -0.3 is 9.64 Å². The summed E-state index contributed by atoms with van der Waals surface area (Å²) in [6.07, 6.45) is 7.39. The number of nitrogens with zero attached hydrogens (tertiary/aromatic N) is 2. The first-order chi connectivity index (χ1) is 13.3. The van der Waals surface area contributed by atoms with Crippen molar-refractivity contribution in [2.24, 2.45) is 0 Å². The van der Waals surface area contributed by atoms with Crippen molar-refractivity contribution < 1.29 is 4.74 Å². The number of ether oxygens (including phenoxy) is 1. The zero-order valence-corrected chi connectivity index (χ0v) is 16.4. The van der Waals surface area contributed by atoms with E-state index >= 15 is 0 Å². The molecule has 0 atom stereocenters. The predicted molar refractivity (Wildman–Crippen MR) is 113 cm³/mol. The first-order valence-electron chi connectivity index (χ1n) is 10.2. The molecular weight excluding hydrogens is 332 g/mol. The van der Waals surface area contributed by atoms with Crippen LogP contribution in [0.15, 0.2) is 60.2 Å². The Morgan fingerprint density at radius 3 is 2.44 bits per heavy atom. The Morgan fingerprint density at radius 2 is 1.63 bits per heavy atom. The molecule has 2 aliphatic rings. The van der Waals surface area contributed by atoms with Crippen LogP contribution in [0.5, 0.6) is 5.75 Å². The lowest BCUT2D eigenvalue weighted by molar-refractivity contribution is 0.282. The van der Waals surface area contributed by atoms with E-state index in [1.54, 1.807) is 18.2 Å². The molecule has 0 amide bonds. The van der Waals surface area contributed by atoms with Crippen molar-refractivity contribution in [2.45, 2.75) is 25.7 Å². The second kappa shape index (κ2) is 8.62. The average molecular weight is 363 g/mol. The topological polar surface area (TPSA) is 15.7 Å². The summed E-state index contributed by atoms with van der Waals surface area (Å²) >= 11 is 0. The van der Waals surface area contributed by atoms with E-state index in [2.05, 4.69) is 58.3 Å². The van der Waals surface area contributed by atoms with Crippen LogP contribution in [0, 0.1) is 0 Å². The minimum Gasteiger partial charge on any atom is -0.495 e. The second-order valence-corrected chi connectivity index (χ2v) is 7.62. The molecule has 3 heteroatoms. The average Bonchev–Trinajstić information content (AvgIpc) is 2.94. The maximum Gasteiger partial charge on any atom is 0.142 e. The smallest absolute Gasteiger partial charge is 0.142 e. The van der Waals surface area contributed by atoms with Crippen LogP contribution in [0.2, 0.25) is 0 Å². The van der Waals surface area contributed by atoms with Crippen molar-refractivity contribution in [2.75, 3.05) is 44.7 Å². The molecule has 2 aromatic carbocycles. The van der Waals surface area contributed by atoms with Gasteiger partial charge in [0.15, 0.2) is 0 Å². The third-order valence-electron chi connectivity index (χ3n) is 5.92. The minimum atomic E-state index is 0.977. The van der Waals surface area contributed by atoms with Crippen molar-refractivity contribution in [1.82, 2.24) is 4.90 Å². The Morgan fingerprint density at radius 1 is 0.889 bits per heavy atom. The van der Waals surface area contributed by atoms with Crippen LogP contribution >= 0.6 is 0 Å². The zero-order valence-electron chi connectivity index (χ0n) is 16.4. The maximum absolute atomic E-state index is 5.53. The highest BCUT2D eigenvalue weighted by atomic mass is 16.5. The van der Waals surface area contributed by atoms with Gasteiger partial charge in [-0.15, -0.1) is 0 Å². The van der Waals surface area contributed by atoms with E-state index in [-0.39, 0.29) is 0 Å². The number of allylic oxidation sites excluding steroid dienone is 1. The van der Waals surface area contributed by atoms with Crippen LogP contribution in [0.25, 0.3) is 0 Å². The van der Waals surface area contributed by atoms with Crippen LogP contribution in [0.4, 0.5) is 5.69 Å². The molecule has 0 aromatic heterocycles. The molecule has 0 spiro atoms. The monoisotopic (exact) mass is 362 g/mol. The SMILES string of the molecule is COc1ccccc1N1CCN(C/C=C2\CCCc3ccccc3C2)CC1. The molecule has 1 heterocycles. The van der Waals surface area contributed by atoms with Crippen LogP contribution in [0.1, 0.15) is 24.0 Å². The van der Waals surface area contributed by atoms with Gasteiger partial charge in [-0.3, -0.25) is 4.90 Å². The molecule has 4 rings (SSSR count). The van der Waals surface area contributed by atoms with Crippen molar-refractivity contribution in [3.8, 4) is 5.75 Å². The molecule has 27 heavy (non-hydrogen) atoms. The van der Waals surface area contributed by atoms with Gasteiger partial charge in [-0.2, -0.15) is 0 Å². The second-order valence-electron chi connectivity index (χ2n) is 7.62. The zero-order chi connectivity index (χ0) is 18.5. The summed E-state index contributed by atoms with van der Waals surface area (Å²) in [6.45, 7) is 5.42. The lowest BCUT2D eigenvalue weighted by Gasteiger charge is -2.36. The highest BCUT2D eigenvalue weighted by molar-refractivity contribution is 5.58. The van der Waals surface area contributed by atoms with Crippen LogP contribution in [0.3, 0.4) is 0 Å². The molecule has 3 nitrogen and oxygen atoms in total. The lowest BCUT2D eigenvalue weighted by Crippen LogP contribution is -2.46. The van der Waals surface area contributed by atoms with Gasteiger partial charge >= 0.3 is 0 Å². The first-order valence-corrected chi connectivity index (χ1v) is 10.2. The fourth-order valence-corrected chi connectivity index (χ4v) is 4.31. The Hall–Kier alpha value is -2.26. The van der Waals surface area contributed by atoms with Gasteiger partial charge in [-0.1, -0.05) is 48.0 Å². The van der Waals surface area contributed by atoms with Crippen LogP contribution < -0.4 is 9.64 Å². The molecule has 0 saturated carbocycles. The van der Waals surface area contributed by atoms with Gasteiger partial charge in [-0.05, 0) is 48.9 Å². The number of hydrogen-bond acceptors (Lipinski definition) is 3. The number of fused-ring (bicyclic) bond motifs is 1. The summed E-state index contributed by atoms with van der Waals surface area (Å²) in [6, 6.07) is 17.3. The van der Waals surface area contributed by atoms with Gasteiger partial charge in [0.2, 0.25) is 0 Å². The standard InChI is InChI=1S/C24H30N2O/c1-27-24-12-5-4-11-23(24)26-17-15-25(16-18-26)14-13-20-7-6-10-21-8-2-3-9-22(21)19-20/h2-5,8-9,11-13H,6-7,10,14-19H2,1H3/b20-13+. The van der Waals surface area contributed by atoms with Crippen molar-refractivity contribution in [3.05, 3.63) is 71.3 Å². The molecule has 1 aliphatic carbocycles. The van der Waals surface area contributed by atoms with E-state index in [1.807, 2.05) is 6.07 Å². The summed E-state index contributed by atoms with van der Waals surface area (Å²) < 4.78 is 5.53. The molecule has 1 aliphatic heterocycles. The number of hydrogen-bond donors (Lipinski definition) is 0. The predicted octanol–water partition coefficient (Wildman–Crippen LogP) is 4.32. The molecule has 0 radical (unpaired) electrons. The third-order valence-corrected chi connectivity index (χ3v) is 5.92. The lowest BCUT2D eigenvalue weighted by atomic mass is 10.0. The van der Waals surface area contributed by atoms with Gasteiger partial charge in [0, 0.05) is 32.7 Å². The number of benzene rings is 2. The molecule has 142 valence electrons. The van der Waals surface area contributed by atoms with Gasteiger partial charge in [-0.25, -0.2) is 0 Å². The minimum absolute atomic E-state index is 0.977. The number of rotatable bonds is 4. The first kappa shape index (κ1) is 18.1. The molecule has 1 saturated heterocycles. The van der Waals surface area contributed by atoms with E-state index in [1.165, 1.54) is 30.5 Å². The van der Waals surface area contributed by atoms with Crippen LogP contribution in [-0.2, 0) is 12.8 Å². The fraction of sp³-hybridized carbons (Fsp3) is 0.417. The van der Waals surface area contributed by atoms with Crippen molar-refractivity contribution in [3.63, 3.8) is 0 Å². The molecule has 2 aromatic rings. The van der Waals surface area contributed by atoms with Crippen molar-refractivity contribution >= 4 is 5.69 Å². The van der Waals surface area contributed by atoms with E-state index in [0.29, 0.717) is 0 Å². The summed E-state index contributed by atoms with van der Waals surface area (Å²) in [4.78, 5) is 5.03. The highest BCUT2D eigenvalue weighted by Gasteiger charge is 2.19. The quantitative estimate of drug-likeness (QED) is 0.595. The number of piperazine rings is 1. The number of methoxy groups -OCH3 is 1. The van der Waals surface area contributed by atoms with E-state index < -0.39 is 0 Å². The normalized spacial score (nSPS) is 19.6. The maximum atomic E-state index is 5.53. The van der Waals surface area contributed by atoms with E-state index in [9.17, 15) is 0 Å². The molecular formula is C24H30N2O. The summed E-state index contributed by atoms with van der Waals surface area (Å²) in [7, 11) is 1.76. The van der Waals surface area contributed by atoms with Gasteiger partial charge in [0.25, 0.3) is 0 Å². The molecule has 0 N–H and O–H groups in total. The summed E-state index contributed by atoms with van der Waals surface area (Å²) in [5.41, 5.74) is 5.92. The molecule has 0 unspecified atom stereocenters. The molecule has 0 bridgehead atoms. The Labute approximate surface area is 163 Å². The van der Waals surface area contributed by atoms with Crippen molar-refractivity contribution in [1.29, 1.82) is 0 Å². The van der Waals surface area contributed by atoms with Crippen LogP contribution in [-0.4, -0.2) is 44.7 Å². The van der Waals surface area contributed by atoms with E-state index in [4.69, 9.17) is 4.74 Å².